The molecule has 0 fully saturated rings. The molecule has 0 saturated heterocycles. The second-order valence-electron chi connectivity index (χ2n) is 11.9. The maximum Gasteiger partial charge on any atom is 0.330 e. The molecule has 1 aliphatic carbocycles. The Hall–Kier alpha value is -5.12. The number of hydrogen-bond donors (Lipinski definition) is 3. The molecule has 4 aromatic carbocycles. The highest BCUT2D eigenvalue weighted by molar-refractivity contribution is 6.40. The van der Waals surface area contributed by atoms with Crippen molar-refractivity contribution in [2.75, 3.05) is 6.54 Å². The number of rotatable bonds is 11. The second-order valence-corrected chi connectivity index (χ2v) is 12.7. The fourth-order valence-electron chi connectivity index (χ4n) is 6.06. The quantitative estimate of drug-likeness (QED) is 0.128. The van der Waals surface area contributed by atoms with Crippen LogP contribution in [0.2, 0.25) is 10.0 Å². The number of aryl methyl sites for hydroxylation is 1. The van der Waals surface area contributed by atoms with Gasteiger partial charge in [-0.15, -0.1) is 0 Å². The summed E-state index contributed by atoms with van der Waals surface area (Å²) in [4.78, 5) is 44.4. The van der Waals surface area contributed by atoms with E-state index in [2.05, 4.69) is 33.1 Å². The normalized spacial score (nSPS) is 14.7. The molecule has 1 aliphatic rings. The number of aromatic nitrogens is 2. The summed E-state index contributed by atoms with van der Waals surface area (Å²) < 4.78 is 7.28. The third-order valence-electron chi connectivity index (χ3n) is 8.63. The topological polar surface area (TPSA) is 114 Å². The number of benzene rings is 4. The van der Waals surface area contributed by atoms with Crippen molar-refractivity contribution in [3.05, 3.63) is 142 Å². The van der Waals surface area contributed by atoms with Crippen LogP contribution in [0.1, 0.15) is 46.3 Å². The summed E-state index contributed by atoms with van der Waals surface area (Å²) in [5, 5.41) is 8.53. The maximum absolute atomic E-state index is 13.6. The fourth-order valence-corrected chi connectivity index (χ4v) is 6.71. The maximum atomic E-state index is 13.6. The minimum absolute atomic E-state index is 0.0115. The van der Waals surface area contributed by atoms with Gasteiger partial charge >= 0.3 is 12.0 Å². The Morgan fingerprint density at radius 3 is 2.33 bits per heavy atom. The zero-order valence-corrected chi connectivity index (χ0v) is 28.2. The first-order valence-electron chi connectivity index (χ1n) is 16.0. The van der Waals surface area contributed by atoms with Crippen LogP contribution in [0, 0.1) is 0 Å². The Morgan fingerprint density at radius 1 is 0.918 bits per heavy atom. The molecule has 3 atom stereocenters. The standard InChI is InChI=1S/C38H35Cl2N5O4/c1-24(29-17-16-26-12-8-9-15-30(26)29)43-38(48)41-20-33(37(47)49-22-25-10-4-2-5-11-25)44-36(46)35-31(39)18-28(19-32(35)40)45-21-34(42-23-45)27-13-6-3-7-14-27/h2-15,18-19,21,23-24,29,33H,16-17,20,22H2,1H3,(H,44,46)(H2,41,43,48)/t24?,29-,33-/m0/s1. The van der Waals surface area contributed by atoms with E-state index in [4.69, 9.17) is 27.9 Å². The number of imidazole rings is 1. The van der Waals surface area contributed by atoms with Crippen LogP contribution in [-0.4, -0.2) is 46.1 Å². The number of ether oxygens (including phenoxy) is 1. The van der Waals surface area contributed by atoms with Crippen LogP contribution >= 0.6 is 23.2 Å². The number of hydrogen-bond acceptors (Lipinski definition) is 5. The number of carbonyl (C=O) groups excluding carboxylic acids is 3. The Kier molecular flexibility index (Phi) is 10.6. The Labute approximate surface area is 294 Å². The van der Waals surface area contributed by atoms with Gasteiger partial charge in [-0.3, -0.25) is 4.79 Å². The number of nitrogens with one attached hydrogen (secondary N) is 3. The summed E-state index contributed by atoms with van der Waals surface area (Å²) in [5.41, 5.74) is 5.57. The molecule has 5 aromatic rings. The smallest absolute Gasteiger partial charge is 0.330 e. The van der Waals surface area contributed by atoms with Gasteiger partial charge in [0, 0.05) is 29.4 Å². The van der Waals surface area contributed by atoms with E-state index in [0.29, 0.717) is 5.69 Å². The highest BCUT2D eigenvalue weighted by atomic mass is 35.5. The van der Waals surface area contributed by atoms with Gasteiger partial charge in [-0.05, 0) is 48.6 Å². The predicted octanol–water partition coefficient (Wildman–Crippen LogP) is 7.11. The average molecular weight is 697 g/mol. The molecule has 0 saturated carbocycles. The molecule has 6 rings (SSSR count). The van der Waals surface area contributed by atoms with E-state index in [0.717, 1.165) is 29.7 Å². The van der Waals surface area contributed by atoms with Crippen molar-refractivity contribution in [2.45, 2.75) is 44.4 Å². The molecule has 0 spiro atoms. The summed E-state index contributed by atoms with van der Waals surface area (Å²) in [6.07, 6.45) is 5.35. The first kappa shape index (κ1) is 33.8. The summed E-state index contributed by atoms with van der Waals surface area (Å²) in [7, 11) is 0. The lowest BCUT2D eigenvalue weighted by atomic mass is 9.94. The van der Waals surface area contributed by atoms with E-state index >= 15 is 0 Å². The number of halogens is 2. The third-order valence-corrected chi connectivity index (χ3v) is 9.22. The van der Waals surface area contributed by atoms with Crippen LogP contribution in [-0.2, 0) is 22.6 Å². The van der Waals surface area contributed by atoms with Gasteiger partial charge in [0.1, 0.15) is 12.6 Å². The van der Waals surface area contributed by atoms with Crippen molar-refractivity contribution in [1.82, 2.24) is 25.5 Å². The lowest BCUT2D eigenvalue weighted by molar-refractivity contribution is -0.147. The zero-order chi connectivity index (χ0) is 34.3. The van der Waals surface area contributed by atoms with E-state index < -0.39 is 23.9 Å². The molecule has 0 radical (unpaired) electrons. The van der Waals surface area contributed by atoms with Crippen molar-refractivity contribution >= 4 is 41.1 Å². The van der Waals surface area contributed by atoms with Crippen LogP contribution in [0.5, 0.6) is 0 Å². The summed E-state index contributed by atoms with van der Waals surface area (Å²) in [6.45, 7) is 1.71. The molecular formula is C38H35Cl2N5O4. The van der Waals surface area contributed by atoms with Crippen LogP contribution in [0.3, 0.4) is 0 Å². The molecule has 1 aromatic heterocycles. The lowest BCUT2D eigenvalue weighted by Gasteiger charge is -2.23. The van der Waals surface area contributed by atoms with Crippen molar-refractivity contribution in [3.63, 3.8) is 0 Å². The van der Waals surface area contributed by atoms with Crippen molar-refractivity contribution in [2.24, 2.45) is 0 Å². The van der Waals surface area contributed by atoms with Gasteiger partial charge in [0.25, 0.3) is 5.91 Å². The second kappa shape index (κ2) is 15.4. The molecule has 11 heteroatoms. The highest BCUT2D eigenvalue weighted by Crippen LogP contribution is 2.35. The molecular weight excluding hydrogens is 661 g/mol. The highest BCUT2D eigenvalue weighted by Gasteiger charge is 2.29. The monoisotopic (exact) mass is 695 g/mol. The van der Waals surface area contributed by atoms with Crippen LogP contribution in [0.25, 0.3) is 16.9 Å². The number of carbonyl (C=O) groups is 3. The molecule has 49 heavy (non-hydrogen) atoms. The van der Waals surface area contributed by atoms with Crippen molar-refractivity contribution in [3.8, 4) is 16.9 Å². The molecule has 1 unspecified atom stereocenters. The van der Waals surface area contributed by atoms with E-state index in [1.807, 2.05) is 85.9 Å². The Morgan fingerprint density at radius 2 is 1.59 bits per heavy atom. The largest absolute Gasteiger partial charge is 0.459 e. The molecule has 0 aliphatic heterocycles. The predicted molar refractivity (Wildman–Crippen MR) is 190 cm³/mol. The minimum atomic E-state index is -1.24. The molecule has 1 heterocycles. The summed E-state index contributed by atoms with van der Waals surface area (Å²) in [5.74, 6) is -1.25. The van der Waals surface area contributed by atoms with Gasteiger partial charge in [-0.25, -0.2) is 14.6 Å². The van der Waals surface area contributed by atoms with E-state index in [1.165, 1.54) is 11.1 Å². The van der Waals surface area contributed by atoms with E-state index in [-0.39, 0.29) is 40.7 Å². The van der Waals surface area contributed by atoms with Crippen molar-refractivity contribution in [1.29, 1.82) is 0 Å². The van der Waals surface area contributed by atoms with Gasteiger partial charge in [0.05, 0.1) is 34.2 Å². The van der Waals surface area contributed by atoms with Crippen LogP contribution in [0.4, 0.5) is 4.79 Å². The third kappa shape index (κ3) is 8.13. The number of urea groups is 1. The SMILES string of the molecule is CC(NC(=O)NC[C@H](NC(=O)c1c(Cl)cc(-n2cnc(-c3ccccc3)c2)cc1Cl)C(=O)OCc1ccccc1)[C@@H]1CCc2ccccc21. The molecule has 9 nitrogen and oxygen atoms in total. The molecule has 3 amide bonds. The minimum Gasteiger partial charge on any atom is -0.459 e. The number of esters is 1. The van der Waals surface area contributed by atoms with Crippen molar-refractivity contribution < 1.29 is 19.1 Å². The zero-order valence-electron chi connectivity index (χ0n) is 26.7. The van der Waals surface area contributed by atoms with E-state index in [1.54, 1.807) is 23.0 Å². The van der Waals surface area contributed by atoms with Crippen LogP contribution < -0.4 is 16.0 Å². The number of fused-ring (bicyclic) bond motifs is 1. The first-order chi connectivity index (χ1) is 23.8. The Balaban J connectivity index is 1.14. The fraction of sp³-hybridized carbons (Fsp3) is 0.211. The number of nitrogens with zero attached hydrogens (tertiary/aromatic N) is 2. The van der Waals surface area contributed by atoms with Gasteiger partial charge in [0.15, 0.2) is 0 Å². The van der Waals surface area contributed by atoms with Gasteiger partial charge in [-0.2, -0.15) is 0 Å². The van der Waals surface area contributed by atoms with Gasteiger partial charge in [0.2, 0.25) is 0 Å². The van der Waals surface area contributed by atoms with Gasteiger partial charge < -0.3 is 25.3 Å². The first-order valence-corrected chi connectivity index (χ1v) is 16.7. The average Bonchev–Trinajstić information content (AvgIpc) is 3.78. The Bertz CT molecular complexity index is 1930. The summed E-state index contributed by atoms with van der Waals surface area (Å²) in [6, 6.07) is 28.4. The molecule has 0 bridgehead atoms. The molecule has 250 valence electrons. The molecule has 3 N–H and O–H groups in total. The van der Waals surface area contributed by atoms with Crippen LogP contribution in [0.15, 0.2) is 110 Å². The summed E-state index contributed by atoms with van der Waals surface area (Å²) >= 11 is 13.2. The van der Waals surface area contributed by atoms with Gasteiger partial charge in [-0.1, -0.05) is 108 Å². The van der Waals surface area contributed by atoms with E-state index in [9.17, 15) is 14.4 Å². The number of amides is 3. The lowest BCUT2D eigenvalue weighted by Crippen LogP contribution is -2.52.